The monoisotopic (exact) mass is 375 g/mol. The molecule has 1 unspecified atom stereocenters. The Hall–Kier alpha value is -0.350. The molecular weight excluding hydrogens is 358 g/mol. The van der Waals surface area contributed by atoms with Crippen molar-refractivity contribution in [3.8, 4) is 0 Å². The van der Waals surface area contributed by atoms with Gasteiger partial charge in [0.1, 0.15) is 0 Å². The molecule has 0 bridgehead atoms. The van der Waals surface area contributed by atoms with E-state index in [1.807, 2.05) is 25.1 Å². The first-order chi connectivity index (χ1) is 8.38. The van der Waals surface area contributed by atoms with Crippen molar-refractivity contribution in [2.24, 2.45) is 5.92 Å². The molecule has 100 valence electrons. The lowest BCUT2D eigenvalue weighted by Crippen LogP contribution is -2.32. The van der Waals surface area contributed by atoms with Crippen LogP contribution in [0.3, 0.4) is 0 Å². The summed E-state index contributed by atoms with van der Waals surface area (Å²) < 4.78 is 1.80. The van der Waals surface area contributed by atoms with Crippen molar-refractivity contribution in [2.45, 2.75) is 39.7 Å². The number of nitrogens with one attached hydrogen (secondary N) is 1. The van der Waals surface area contributed by atoms with Crippen LogP contribution in [-0.4, -0.2) is 11.9 Å². The predicted molar refractivity (Wildman–Crippen MR) is 82.8 cm³/mol. The highest BCUT2D eigenvalue weighted by molar-refractivity contribution is 9.11. The first kappa shape index (κ1) is 15.7. The lowest BCUT2D eigenvalue weighted by molar-refractivity contribution is 0.0937. The third kappa shape index (κ3) is 5.53. The molecule has 1 rings (SSSR count). The van der Waals surface area contributed by atoms with Gasteiger partial charge in [0, 0.05) is 20.6 Å². The quantitative estimate of drug-likeness (QED) is 0.788. The summed E-state index contributed by atoms with van der Waals surface area (Å²) in [5.74, 6) is 0.651. The zero-order valence-electron chi connectivity index (χ0n) is 11.0. The number of rotatable bonds is 5. The first-order valence-electron chi connectivity index (χ1n) is 6.15. The minimum atomic E-state index is -0.0201. The SMILES string of the molecule is CC(C)CCC(C)NC(=O)c1cc(Br)cc(Br)c1. The minimum absolute atomic E-state index is 0.0201. The molecular formula is C14H19Br2NO. The number of benzene rings is 1. The van der Waals surface area contributed by atoms with Crippen LogP contribution in [0.4, 0.5) is 0 Å². The second-order valence-electron chi connectivity index (χ2n) is 5.00. The summed E-state index contributed by atoms with van der Waals surface area (Å²) in [5.41, 5.74) is 0.674. The summed E-state index contributed by atoms with van der Waals surface area (Å²) in [6.45, 7) is 6.44. The molecule has 0 fully saturated rings. The van der Waals surface area contributed by atoms with E-state index in [-0.39, 0.29) is 11.9 Å². The average molecular weight is 377 g/mol. The van der Waals surface area contributed by atoms with E-state index in [0.29, 0.717) is 11.5 Å². The normalized spacial score (nSPS) is 12.6. The fourth-order valence-electron chi connectivity index (χ4n) is 1.65. The van der Waals surface area contributed by atoms with Crippen molar-refractivity contribution in [1.29, 1.82) is 0 Å². The highest BCUT2D eigenvalue weighted by Gasteiger charge is 2.11. The standard InChI is InChI=1S/C14H19Br2NO/c1-9(2)4-5-10(3)17-14(18)11-6-12(15)8-13(16)7-11/h6-10H,4-5H2,1-3H3,(H,17,18). The van der Waals surface area contributed by atoms with Crippen molar-refractivity contribution in [1.82, 2.24) is 5.32 Å². The van der Waals surface area contributed by atoms with E-state index in [2.05, 4.69) is 51.0 Å². The summed E-state index contributed by atoms with van der Waals surface area (Å²) in [6, 6.07) is 5.78. The molecule has 18 heavy (non-hydrogen) atoms. The largest absolute Gasteiger partial charge is 0.350 e. The van der Waals surface area contributed by atoms with Crippen LogP contribution >= 0.6 is 31.9 Å². The molecule has 0 radical (unpaired) electrons. The molecule has 0 saturated carbocycles. The van der Waals surface area contributed by atoms with Gasteiger partial charge in [-0.05, 0) is 43.9 Å². The molecule has 0 aliphatic rings. The molecule has 0 aliphatic heterocycles. The van der Waals surface area contributed by atoms with Crippen molar-refractivity contribution in [3.05, 3.63) is 32.7 Å². The molecule has 0 aromatic heterocycles. The molecule has 0 saturated heterocycles. The summed E-state index contributed by atoms with van der Waals surface area (Å²) in [7, 11) is 0. The Labute approximate surface area is 126 Å². The van der Waals surface area contributed by atoms with Crippen LogP contribution in [0.15, 0.2) is 27.1 Å². The van der Waals surface area contributed by atoms with Gasteiger partial charge in [0.05, 0.1) is 0 Å². The lowest BCUT2D eigenvalue weighted by Gasteiger charge is -2.15. The summed E-state index contributed by atoms with van der Waals surface area (Å²) in [5, 5.41) is 3.03. The van der Waals surface area contributed by atoms with Gasteiger partial charge in [-0.15, -0.1) is 0 Å². The molecule has 1 amide bonds. The summed E-state index contributed by atoms with van der Waals surface area (Å²) in [6.07, 6.45) is 2.14. The van der Waals surface area contributed by atoms with Gasteiger partial charge in [0.2, 0.25) is 0 Å². The number of amides is 1. The second kappa shape index (κ2) is 7.29. The maximum atomic E-state index is 12.1. The topological polar surface area (TPSA) is 29.1 Å². The molecule has 0 spiro atoms. The van der Waals surface area contributed by atoms with E-state index in [1.54, 1.807) is 0 Å². The maximum absolute atomic E-state index is 12.1. The molecule has 1 N–H and O–H groups in total. The smallest absolute Gasteiger partial charge is 0.251 e. The summed E-state index contributed by atoms with van der Waals surface area (Å²) >= 11 is 6.77. The van der Waals surface area contributed by atoms with Gasteiger partial charge in [-0.25, -0.2) is 0 Å². The number of carbonyl (C=O) groups is 1. The first-order valence-corrected chi connectivity index (χ1v) is 7.74. The Kier molecular flexibility index (Phi) is 6.36. The summed E-state index contributed by atoms with van der Waals surface area (Å²) in [4.78, 5) is 12.1. The Balaban J connectivity index is 2.59. The van der Waals surface area contributed by atoms with Gasteiger partial charge in [-0.3, -0.25) is 4.79 Å². The van der Waals surface area contributed by atoms with Gasteiger partial charge in [-0.1, -0.05) is 45.7 Å². The molecule has 0 heterocycles. The van der Waals surface area contributed by atoms with Gasteiger partial charge < -0.3 is 5.32 Å². The average Bonchev–Trinajstić information content (AvgIpc) is 2.25. The Morgan fingerprint density at radius 2 is 1.67 bits per heavy atom. The molecule has 1 aromatic carbocycles. The Bertz CT molecular complexity index is 398. The van der Waals surface area contributed by atoms with Gasteiger partial charge in [-0.2, -0.15) is 0 Å². The fraction of sp³-hybridized carbons (Fsp3) is 0.500. The number of halogens is 2. The predicted octanol–water partition coefficient (Wildman–Crippen LogP) is 4.77. The van der Waals surface area contributed by atoms with Crippen molar-refractivity contribution < 1.29 is 4.79 Å². The van der Waals surface area contributed by atoms with E-state index in [1.165, 1.54) is 0 Å². The molecule has 1 atom stereocenters. The van der Waals surface area contributed by atoms with Crippen LogP contribution in [0.1, 0.15) is 44.0 Å². The van der Waals surface area contributed by atoms with Gasteiger partial charge in [0.15, 0.2) is 0 Å². The van der Waals surface area contributed by atoms with Crippen molar-refractivity contribution >= 4 is 37.8 Å². The molecule has 1 aromatic rings. The highest BCUT2D eigenvalue weighted by atomic mass is 79.9. The van der Waals surface area contributed by atoms with E-state index in [9.17, 15) is 4.79 Å². The lowest BCUT2D eigenvalue weighted by atomic mass is 10.0. The van der Waals surface area contributed by atoms with Crippen LogP contribution in [0, 0.1) is 5.92 Å². The zero-order valence-corrected chi connectivity index (χ0v) is 14.1. The van der Waals surface area contributed by atoms with Gasteiger partial charge in [0.25, 0.3) is 5.91 Å². The third-order valence-corrected chi connectivity index (χ3v) is 3.59. The third-order valence-electron chi connectivity index (χ3n) is 2.68. The zero-order chi connectivity index (χ0) is 13.7. The van der Waals surface area contributed by atoms with E-state index < -0.39 is 0 Å². The number of hydrogen-bond donors (Lipinski definition) is 1. The van der Waals surface area contributed by atoms with Crippen molar-refractivity contribution in [3.63, 3.8) is 0 Å². The maximum Gasteiger partial charge on any atom is 0.251 e. The highest BCUT2D eigenvalue weighted by Crippen LogP contribution is 2.20. The Morgan fingerprint density at radius 3 is 2.17 bits per heavy atom. The van der Waals surface area contributed by atoms with E-state index in [4.69, 9.17) is 0 Å². The van der Waals surface area contributed by atoms with E-state index >= 15 is 0 Å². The second-order valence-corrected chi connectivity index (χ2v) is 6.84. The van der Waals surface area contributed by atoms with Gasteiger partial charge >= 0.3 is 0 Å². The minimum Gasteiger partial charge on any atom is -0.350 e. The van der Waals surface area contributed by atoms with Crippen LogP contribution in [-0.2, 0) is 0 Å². The van der Waals surface area contributed by atoms with E-state index in [0.717, 1.165) is 21.8 Å². The van der Waals surface area contributed by atoms with Crippen LogP contribution in [0.5, 0.6) is 0 Å². The molecule has 0 aliphatic carbocycles. The Morgan fingerprint density at radius 1 is 1.11 bits per heavy atom. The number of carbonyl (C=O) groups excluding carboxylic acids is 1. The molecule has 4 heteroatoms. The molecule has 2 nitrogen and oxygen atoms in total. The van der Waals surface area contributed by atoms with Crippen molar-refractivity contribution in [2.75, 3.05) is 0 Å². The van der Waals surface area contributed by atoms with Crippen LogP contribution < -0.4 is 5.32 Å². The number of hydrogen-bond acceptors (Lipinski definition) is 1. The fourth-order valence-corrected chi connectivity index (χ4v) is 2.94. The van der Waals surface area contributed by atoms with Crippen LogP contribution in [0.25, 0.3) is 0 Å². The van der Waals surface area contributed by atoms with Crippen LogP contribution in [0.2, 0.25) is 0 Å².